The van der Waals surface area contributed by atoms with E-state index < -0.39 is 0 Å². The fourth-order valence-corrected chi connectivity index (χ4v) is 2.17. The summed E-state index contributed by atoms with van der Waals surface area (Å²) in [6.07, 6.45) is 2.44. The molecule has 0 radical (unpaired) electrons. The number of nitrogens with one attached hydrogen (secondary N) is 1. The number of ether oxygens (including phenoxy) is 1. The topological polar surface area (TPSA) is 47.3 Å². The van der Waals surface area contributed by atoms with Crippen molar-refractivity contribution in [3.8, 4) is 0 Å². The molecule has 1 saturated heterocycles. The molecule has 90 valence electrons. The number of nitrogens with two attached hydrogens (primary N) is 1. The largest absolute Gasteiger partial charge is 0.381 e. The Hall–Kier alpha value is -0.120. The van der Waals surface area contributed by atoms with Gasteiger partial charge in [-0.1, -0.05) is 13.8 Å². The van der Waals surface area contributed by atoms with Gasteiger partial charge in [-0.25, -0.2) is 0 Å². The van der Waals surface area contributed by atoms with Crippen molar-refractivity contribution in [3.63, 3.8) is 0 Å². The molecule has 0 aromatic carbocycles. The van der Waals surface area contributed by atoms with E-state index in [0.29, 0.717) is 5.92 Å². The quantitative estimate of drug-likeness (QED) is 0.670. The second-order valence-corrected chi connectivity index (χ2v) is 5.12. The van der Waals surface area contributed by atoms with Gasteiger partial charge in [-0.2, -0.15) is 0 Å². The molecule has 1 rings (SSSR count). The Morgan fingerprint density at radius 1 is 1.47 bits per heavy atom. The average Bonchev–Trinajstić information content (AvgIpc) is 2.68. The van der Waals surface area contributed by atoms with Crippen LogP contribution < -0.4 is 11.1 Å². The summed E-state index contributed by atoms with van der Waals surface area (Å²) >= 11 is 0. The highest BCUT2D eigenvalue weighted by atomic mass is 16.5. The van der Waals surface area contributed by atoms with Gasteiger partial charge in [0.1, 0.15) is 0 Å². The Morgan fingerprint density at radius 2 is 2.27 bits per heavy atom. The molecule has 0 bridgehead atoms. The van der Waals surface area contributed by atoms with Crippen molar-refractivity contribution in [3.05, 3.63) is 0 Å². The van der Waals surface area contributed by atoms with Crippen LogP contribution in [0.3, 0.4) is 0 Å². The maximum atomic E-state index is 5.75. The van der Waals surface area contributed by atoms with Crippen LogP contribution in [-0.4, -0.2) is 32.8 Å². The Bertz CT molecular complexity index is 156. The first-order chi connectivity index (χ1) is 7.22. The van der Waals surface area contributed by atoms with Gasteiger partial charge in [-0.3, -0.25) is 0 Å². The molecule has 0 saturated carbocycles. The summed E-state index contributed by atoms with van der Waals surface area (Å²) in [6, 6.07) is 0. The van der Waals surface area contributed by atoms with Gasteiger partial charge in [0, 0.05) is 13.2 Å². The van der Waals surface area contributed by atoms with E-state index in [9.17, 15) is 0 Å². The van der Waals surface area contributed by atoms with Crippen molar-refractivity contribution in [2.45, 2.75) is 26.7 Å². The summed E-state index contributed by atoms with van der Waals surface area (Å²) in [5, 5.41) is 3.52. The third-order valence-corrected chi connectivity index (χ3v) is 3.03. The van der Waals surface area contributed by atoms with Crippen molar-refractivity contribution >= 4 is 0 Å². The molecular formula is C12H26N2O. The van der Waals surface area contributed by atoms with Crippen LogP contribution in [0.4, 0.5) is 0 Å². The van der Waals surface area contributed by atoms with Gasteiger partial charge in [-0.15, -0.1) is 0 Å². The van der Waals surface area contributed by atoms with Crippen molar-refractivity contribution < 1.29 is 4.74 Å². The zero-order chi connectivity index (χ0) is 11.1. The predicted octanol–water partition coefficient (Wildman–Crippen LogP) is 1.23. The van der Waals surface area contributed by atoms with Gasteiger partial charge >= 0.3 is 0 Å². The minimum absolute atomic E-state index is 0.632. The van der Waals surface area contributed by atoms with E-state index in [1.807, 2.05) is 0 Å². The van der Waals surface area contributed by atoms with Gasteiger partial charge in [0.15, 0.2) is 0 Å². The molecule has 0 aromatic heterocycles. The number of hydrogen-bond acceptors (Lipinski definition) is 3. The number of hydrogen-bond donors (Lipinski definition) is 2. The fraction of sp³-hybridized carbons (Fsp3) is 1.00. The van der Waals surface area contributed by atoms with Crippen molar-refractivity contribution in [2.24, 2.45) is 23.5 Å². The van der Waals surface area contributed by atoms with E-state index in [2.05, 4.69) is 19.2 Å². The Kier molecular flexibility index (Phi) is 6.22. The van der Waals surface area contributed by atoms with Crippen LogP contribution in [0.2, 0.25) is 0 Å². The lowest BCUT2D eigenvalue weighted by atomic mass is 9.97. The molecule has 0 spiro atoms. The Balaban J connectivity index is 2.05. The SMILES string of the molecule is CC(C)CC(CN)CNCC1CCOC1. The second kappa shape index (κ2) is 7.20. The first kappa shape index (κ1) is 12.9. The molecule has 1 heterocycles. The number of rotatable bonds is 7. The molecule has 3 N–H and O–H groups in total. The molecule has 2 atom stereocenters. The summed E-state index contributed by atoms with van der Waals surface area (Å²) in [5.41, 5.74) is 5.75. The predicted molar refractivity (Wildman–Crippen MR) is 63.8 cm³/mol. The minimum atomic E-state index is 0.632. The normalized spacial score (nSPS) is 23.6. The van der Waals surface area contributed by atoms with E-state index in [0.717, 1.165) is 44.7 Å². The maximum absolute atomic E-state index is 5.75. The highest BCUT2D eigenvalue weighted by Gasteiger charge is 2.15. The van der Waals surface area contributed by atoms with Crippen molar-refractivity contribution in [1.29, 1.82) is 0 Å². The van der Waals surface area contributed by atoms with Crippen LogP contribution in [0.1, 0.15) is 26.7 Å². The van der Waals surface area contributed by atoms with Crippen LogP contribution >= 0.6 is 0 Å². The van der Waals surface area contributed by atoms with E-state index in [4.69, 9.17) is 10.5 Å². The second-order valence-electron chi connectivity index (χ2n) is 5.12. The summed E-state index contributed by atoms with van der Waals surface area (Å²) in [6.45, 7) is 9.34. The summed E-state index contributed by atoms with van der Waals surface area (Å²) in [5.74, 6) is 2.10. The zero-order valence-electron chi connectivity index (χ0n) is 10.2. The van der Waals surface area contributed by atoms with Crippen LogP contribution in [0, 0.1) is 17.8 Å². The molecule has 0 aromatic rings. The van der Waals surface area contributed by atoms with Gasteiger partial charge < -0.3 is 15.8 Å². The Morgan fingerprint density at radius 3 is 2.80 bits per heavy atom. The smallest absolute Gasteiger partial charge is 0.0507 e. The van der Waals surface area contributed by atoms with Crippen LogP contribution in [-0.2, 0) is 4.74 Å². The molecule has 15 heavy (non-hydrogen) atoms. The maximum Gasteiger partial charge on any atom is 0.0507 e. The lowest BCUT2D eigenvalue weighted by Crippen LogP contribution is -2.32. The lowest BCUT2D eigenvalue weighted by molar-refractivity contribution is 0.185. The molecule has 0 amide bonds. The van der Waals surface area contributed by atoms with Crippen molar-refractivity contribution in [1.82, 2.24) is 5.32 Å². The van der Waals surface area contributed by atoms with E-state index in [1.165, 1.54) is 12.8 Å². The third kappa shape index (κ3) is 5.50. The fourth-order valence-electron chi connectivity index (χ4n) is 2.17. The molecule has 3 heteroatoms. The van der Waals surface area contributed by atoms with Gasteiger partial charge in [-0.05, 0) is 43.7 Å². The van der Waals surface area contributed by atoms with Crippen LogP contribution in [0.25, 0.3) is 0 Å². The highest BCUT2D eigenvalue weighted by molar-refractivity contribution is 4.70. The van der Waals surface area contributed by atoms with Gasteiger partial charge in [0.05, 0.1) is 6.61 Å². The Labute approximate surface area is 93.8 Å². The highest BCUT2D eigenvalue weighted by Crippen LogP contribution is 2.12. The van der Waals surface area contributed by atoms with Gasteiger partial charge in [0.2, 0.25) is 0 Å². The average molecular weight is 214 g/mol. The van der Waals surface area contributed by atoms with E-state index in [1.54, 1.807) is 0 Å². The van der Waals surface area contributed by atoms with Crippen molar-refractivity contribution in [2.75, 3.05) is 32.8 Å². The first-order valence-electron chi connectivity index (χ1n) is 6.21. The standard InChI is InChI=1S/C12H26N2O/c1-10(2)5-12(6-13)8-14-7-11-3-4-15-9-11/h10-12,14H,3-9,13H2,1-2H3. The first-order valence-corrected chi connectivity index (χ1v) is 6.21. The minimum Gasteiger partial charge on any atom is -0.381 e. The molecule has 0 aliphatic carbocycles. The molecule has 1 fully saturated rings. The van der Waals surface area contributed by atoms with Crippen LogP contribution in [0.5, 0.6) is 0 Å². The monoisotopic (exact) mass is 214 g/mol. The summed E-state index contributed by atoms with van der Waals surface area (Å²) < 4.78 is 5.34. The molecular weight excluding hydrogens is 188 g/mol. The van der Waals surface area contributed by atoms with Crippen LogP contribution in [0.15, 0.2) is 0 Å². The zero-order valence-corrected chi connectivity index (χ0v) is 10.2. The van der Waals surface area contributed by atoms with E-state index >= 15 is 0 Å². The van der Waals surface area contributed by atoms with E-state index in [-0.39, 0.29) is 0 Å². The lowest BCUT2D eigenvalue weighted by Gasteiger charge is -2.18. The molecule has 2 unspecified atom stereocenters. The molecule has 3 nitrogen and oxygen atoms in total. The molecule has 1 aliphatic rings. The summed E-state index contributed by atoms with van der Waals surface area (Å²) in [7, 11) is 0. The molecule has 1 aliphatic heterocycles. The summed E-state index contributed by atoms with van der Waals surface area (Å²) in [4.78, 5) is 0. The van der Waals surface area contributed by atoms with Gasteiger partial charge in [0.25, 0.3) is 0 Å². The third-order valence-electron chi connectivity index (χ3n) is 3.03.